The molecule has 2 N–H and O–H groups in total. The Labute approximate surface area is 144 Å². The molecule has 1 aliphatic rings. The number of hydrogen-bond donors (Lipinski definition) is 2. The summed E-state index contributed by atoms with van der Waals surface area (Å²) in [6, 6.07) is 5.36. The number of carbonyl (C=O) groups excluding carboxylic acids is 1. The van der Waals surface area contributed by atoms with Crippen molar-refractivity contribution in [2.75, 3.05) is 29.9 Å². The van der Waals surface area contributed by atoms with Gasteiger partial charge in [0.05, 0.1) is 5.56 Å². The highest BCUT2D eigenvalue weighted by Crippen LogP contribution is 2.27. The quantitative estimate of drug-likeness (QED) is 0.775. The van der Waals surface area contributed by atoms with Gasteiger partial charge in [0.25, 0.3) is 0 Å². The van der Waals surface area contributed by atoms with E-state index < -0.39 is 0 Å². The fraction of sp³-hybridized carbons (Fsp3) is 0.375. The van der Waals surface area contributed by atoms with Crippen LogP contribution in [0.2, 0.25) is 0 Å². The summed E-state index contributed by atoms with van der Waals surface area (Å²) in [7, 11) is 0. The van der Waals surface area contributed by atoms with Crippen LogP contribution >= 0.6 is 11.3 Å². The Balaban J connectivity index is 1.48. The minimum absolute atomic E-state index is 0.0195. The molecule has 1 amide bonds. The highest BCUT2D eigenvalue weighted by atomic mass is 32.1. The van der Waals surface area contributed by atoms with Gasteiger partial charge in [-0.1, -0.05) is 0 Å². The van der Waals surface area contributed by atoms with Gasteiger partial charge in [-0.05, 0) is 25.0 Å². The molecule has 2 aromatic rings. The van der Waals surface area contributed by atoms with Crippen molar-refractivity contribution in [2.45, 2.75) is 18.9 Å². The number of rotatable bonds is 6. The van der Waals surface area contributed by atoms with E-state index in [1.807, 2.05) is 5.38 Å². The zero-order valence-corrected chi connectivity index (χ0v) is 13.9. The summed E-state index contributed by atoms with van der Waals surface area (Å²) in [5.74, 6) is 0.561. The normalized spacial score (nSPS) is 16.6. The predicted molar refractivity (Wildman–Crippen MR) is 92.9 cm³/mol. The molecule has 0 aromatic carbocycles. The second kappa shape index (κ2) is 7.75. The molecule has 1 atom stereocenters. The first-order chi connectivity index (χ1) is 11.8. The molecule has 7 nitrogen and oxygen atoms in total. The predicted octanol–water partition coefficient (Wildman–Crippen LogP) is 1.61. The molecule has 0 bridgehead atoms. The molecule has 1 fully saturated rings. The highest BCUT2D eigenvalue weighted by Gasteiger charge is 2.31. The molecule has 0 unspecified atom stereocenters. The highest BCUT2D eigenvalue weighted by molar-refractivity contribution is 7.13. The van der Waals surface area contributed by atoms with Gasteiger partial charge >= 0.3 is 0 Å². The maximum atomic E-state index is 12.4. The van der Waals surface area contributed by atoms with Crippen molar-refractivity contribution in [1.29, 1.82) is 5.26 Å². The fourth-order valence-corrected chi connectivity index (χ4v) is 3.47. The average Bonchev–Trinajstić information content (AvgIpc) is 3.29. The van der Waals surface area contributed by atoms with Crippen molar-refractivity contribution < 1.29 is 4.79 Å². The minimum Gasteiger partial charge on any atom is -0.367 e. The van der Waals surface area contributed by atoms with E-state index in [9.17, 15) is 4.79 Å². The van der Waals surface area contributed by atoms with Crippen LogP contribution in [0.3, 0.4) is 0 Å². The molecule has 3 rings (SSSR count). The second-order valence-electron chi connectivity index (χ2n) is 5.40. The molecule has 24 heavy (non-hydrogen) atoms. The summed E-state index contributed by atoms with van der Waals surface area (Å²) in [6.07, 6.45) is 5.23. The molecule has 8 heteroatoms. The maximum absolute atomic E-state index is 12.4. The second-order valence-corrected chi connectivity index (χ2v) is 6.27. The number of pyridine rings is 1. The van der Waals surface area contributed by atoms with E-state index >= 15 is 0 Å². The first-order valence-electron chi connectivity index (χ1n) is 7.82. The Morgan fingerprint density at radius 2 is 2.33 bits per heavy atom. The number of amides is 1. The van der Waals surface area contributed by atoms with Crippen molar-refractivity contribution in [2.24, 2.45) is 0 Å². The number of anilines is 2. The fourth-order valence-electron chi connectivity index (χ4n) is 2.75. The molecule has 1 saturated heterocycles. The lowest BCUT2D eigenvalue weighted by molar-refractivity contribution is -0.122. The molecule has 0 saturated carbocycles. The summed E-state index contributed by atoms with van der Waals surface area (Å²) in [5.41, 5.74) is 0.495. The zero-order valence-electron chi connectivity index (χ0n) is 13.1. The molecule has 124 valence electrons. The van der Waals surface area contributed by atoms with Crippen molar-refractivity contribution in [1.82, 2.24) is 15.3 Å². The Morgan fingerprint density at radius 1 is 1.42 bits per heavy atom. The molecule has 3 heterocycles. The summed E-state index contributed by atoms with van der Waals surface area (Å²) in [5, 5.41) is 17.9. The Hall–Kier alpha value is -2.66. The van der Waals surface area contributed by atoms with Crippen LogP contribution in [0, 0.1) is 11.3 Å². The van der Waals surface area contributed by atoms with E-state index in [-0.39, 0.29) is 11.9 Å². The van der Waals surface area contributed by atoms with E-state index in [2.05, 4.69) is 31.6 Å². The lowest BCUT2D eigenvalue weighted by Crippen LogP contribution is -2.44. The summed E-state index contributed by atoms with van der Waals surface area (Å²) < 4.78 is 0. The van der Waals surface area contributed by atoms with Gasteiger partial charge in [-0.2, -0.15) is 5.26 Å². The number of hydrogen-bond acceptors (Lipinski definition) is 7. The van der Waals surface area contributed by atoms with Crippen LogP contribution in [0.4, 0.5) is 10.9 Å². The first kappa shape index (κ1) is 16.2. The van der Waals surface area contributed by atoms with E-state index in [0.29, 0.717) is 24.5 Å². The van der Waals surface area contributed by atoms with Gasteiger partial charge in [0.2, 0.25) is 5.91 Å². The van der Waals surface area contributed by atoms with Crippen LogP contribution in [-0.4, -0.2) is 41.6 Å². The molecule has 0 radical (unpaired) electrons. The van der Waals surface area contributed by atoms with Gasteiger partial charge in [0.15, 0.2) is 5.13 Å². The summed E-state index contributed by atoms with van der Waals surface area (Å²) in [4.78, 5) is 22.9. The van der Waals surface area contributed by atoms with E-state index in [1.165, 1.54) is 0 Å². The topological polar surface area (TPSA) is 93.9 Å². The van der Waals surface area contributed by atoms with Gasteiger partial charge < -0.3 is 15.5 Å². The number of thiazole rings is 1. The van der Waals surface area contributed by atoms with Gasteiger partial charge in [0.1, 0.15) is 17.9 Å². The lowest BCUT2D eigenvalue weighted by Gasteiger charge is -2.23. The molecule has 0 aliphatic carbocycles. The van der Waals surface area contributed by atoms with Crippen molar-refractivity contribution in [3.8, 4) is 6.07 Å². The van der Waals surface area contributed by atoms with Crippen LogP contribution in [0.1, 0.15) is 18.4 Å². The smallest absolute Gasteiger partial charge is 0.242 e. The van der Waals surface area contributed by atoms with Gasteiger partial charge in [0, 0.05) is 37.4 Å². The zero-order chi connectivity index (χ0) is 16.8. The number of nitrogens with zero attached hydrogens (tertiary/aromatic N) is 4. The summed E-state index contributed by atoms with van der Waals surface area (Å²) in [6.45, 7) is 1.85. The Bertz CT molecular complexity index is 726. The van der Waals surface area contributed by atoms with E-state index in [0.717, 1.165) is 24.5 Å². The first-order valence-corrected chi connectivity index (χ1v) is 8.70. The van der Waals surface area contributed by atoms with Gasteiger partial charge in [-0.3, -0.25) is 4.79 Å². The standard InChI is InChI=1S/C16H18N6OS/c17-11-12-3-1-5-18-14(12)19-6-7-20-15(23)13-4-2-9-22(13)16-21-8-10-24-16/h1,3,5,8,10,13H,2,4,6-7,9H2,(H,18,19)(H,20,23)/t13-/m0/s1. The van der Waals surface area contributed by atoms with Crippen molar-refractivity contribution in [3.05, 3.63) is 35.5 Å². The Kier molecular flexibility index (Phi) is 5.23. The number of nitrogens with one attached hydrogen (secondary N) is 2. The maximum Gasteiger partial charge on any atom is 0.242 e. The van der Waals surface area contributed by atoms with Crippen molar-refractivity contribution in [3.63, 3.8) is 0 Å². The number of carbonyl (C=O) groups is 1. The lowest BCUT2D eigenvalue weighted by atomic mass is 10.2. The van der Waals surface area contributed by atoms with Gasteiger partial charge in [-0.15, -0.1) is 11.3 Å². The van der Waals surface area contributed by atoms with Crippen LogP contribution in [-0.2, 0) is 4.79 Å². The van der Waals surface area contributed by atoms with Crippen LogP contribution < -0.4 is 15.5 Å². The van der Waals surface area contributed by atoms with Crippen LogP contribution in [0.5, 0.6) is 0 Å². The largest absolute Gasteiger partial charge is 0.367 e. The third-order valence-corrected chi connectivity index (χ3v) is 4.67. The number of nitriles is 1. The van der Waals surface area contributed by atoms with E-state index in [4.69, 9.17) is 5.26 Å². The number of aromatic nitrogens is 2. The monoisotopic (exact) mass is 342 g/mol. The third kappa shape index (κ3) is 3.63. The SMILES string of the molecule is N#Cc1cccnc1NCCNC(=O)[C@@H]1CCCN1c1nccs1. The molecule has 2 aromatic heterocycles. The molecule has 1 aliphatic heterocycles. The summed E-state index contributed by atoms with van der Waals surface area (Å²) >= 11 is 1.55. The van der Waals surface area contributed by atoms with Crippen LogP contribution in [0.15, 0.2) is 29.9 Å². The van der Waals surface area contributed by atoms with Crippen molar-refractivity contribution >= 4 is 28.2 Å². The minimum atomic E-state index is -0.152. The Morgan fingerprint density at radius 3 is 3.12 bits per heavy atom. The van der Waals surface area contributed by atoms with Gasteiger partial charge in [-0.25, -0.2) is 9.97 Å². The third-order valence-electron chi connectivity index (χ3n) is 3.87. The average molecular weight is 342 g/mol. The molecular formula is C16H18N6OS. The van der Waals surface area contributed by atoms with Crippen LogP contribution in [0.25, 0.3) is 0 Å². The molecule has 0 spiro atoms. The van der Waals surface area contributed by atoms with E-state index in [1.54, 1.807) is 35.9 Å². The molecular weight excluding hydrogens is 324 g/mol.